The van der Waals surface area contributed by atoms with E-state index >= 15 is 0 Å². The average Bonchev–Trinajstić information content (AvgIpc) is 2.73. The van der Waals surface area contributed by atoms with Crippen LogP contribution in [0.1, 0.15) is 22.6 Å². The number of allylic oxidation sites excluding steroid dienone is 1. The lowest BCUT2D eigenvalue weighted by Gasteiger charge is -2.21. The maximum absolute atomic E-state index is 6.65. The Labute approximate surface area is 158 Å². The summed E-state index contributed by atoms with van der Waals surface area (Å²) >= 11 is 6.65. The van der Waals surface area contributed by atoms with Crippen LogP contribution in [0.4, 0.5) is 0 Å². The summed E-state index contributed by atoms with van der Waals surface area (Å²) in [5, 5.41) is 0.731. The molecule has 0 radical (unpaired) electrons. The third kappa shape index (κ3) is 3.61. The van der Waals surface area contributed by atoms with Gasteiger partial charge in [0.15, 0.2) is 11.5 Å². The molecule has 1 heterocycles. The number of benzene rings is 3. The Balaban J connectivity index is 1.77. The lowest BCUT2D eigenvalue weighted by molar-refractivity contribution is 0.171. The highest BCUT2D eigenvalue weighted by atomic mass is 35.5. The third-order valence-corrected chi connectivity index (χ3v) is 4.79. The first kappa shape index (κ1) is 16.7. The first-order valence-corrected chi connectivity index (χ1v) is 9.06. The molecule has 0 amide bonds. The van der Waals surface area contributed by atoms with Gasteiger partial charge in [-0.2, -0.15) is 0 Å². The van der Waals surface area contributed by atoms with Crippen molar-refractivity contribution in [3.63, 3.8) is 0 Å². The molecule has 3 heteroatoms. The van der Waals surface area contributed by atoms with Gasteiger partial charge in [-0.1, -0.05) is 84.4 Å². The minimum Gasteiger partial charge on any atom is -0.486 e. The summed E-state index contributed by atoms with van der Waals surface area (Å²) in [4.78, 5) is 0. The molecule has 2 nitrogen and oxygen atoms in total. The van der Waals surface area contributed by atoms with Gasteiger partial charge in [-0.3, -0.25) is 0 Å². The highest BCUT2D eigenvalue weighted by Crippen LogP contribution is 2.37. The first-order chi connectivity index (χ1) is 12.8. The molecular formula is C23H19ClO2. The Morgan fingerprint density at radius 2 is 1.42 bits per heavy atom. The summed E-state index contributed by atoms with van der Waals surface area (Å²) in [7, 11) is 0. The van der Waals surface area contributed by atoms with E-state index in [1.807, 2.05) is 54.6 Å². The summed E-state index contributed by atoms with van der Waals surface area (Å²) in [5.74, 6) is 1.61. The van der Waals surface area contributed by atoms with Gasteiger partial charge < -0.3 is 9.47 Å². The van der Waals surface area contributed by atoms with Gasteiger partial charge in [0.25, 0.3) is 0 Å². The normalized spacial score (nSPS) is 14.7. The first-order valence-electron chi connectivity index (χ1n) is 8.68. The third-order valence-electron chi connectivity index (χ3n) is 4.45. The fourth-order valence-electron chi connectivity index (χ4n) is 3.14. The van der Waals surface area contributed by atoms with Crippen LogP contribution in [0.5, 0.6) is 11.5 Å². The molecule has 0 aromatic heterocycles. The van der Waals surface area contributed by atoms with E-state index < -0.39 is 0 Å². The lowest BCUT2D eigenvalue weighted by atomic mass is 9.90. The standard InChI is InChI=1S/C23H19ClO2/c24-21(18-9-5-2-6-10-18)16-20(17-7-3-1-4-8-17)19-11-12-22-23(15-19)26-14-13-25-22/h1-12,15-16,20H,13-14H2/b21-16+. The molecule has 0 N–H and O–H groups in total. The summed E-state index contributed by atoms with van der Waals surface area (Å²) in [6.07, 6.45) is 2.09. The number of fused-ring (bicyclic) bond motifs is 1. The quantitative estimate of drug-likeness (QED) is 0.577. The fraction of sp³-hybridized carbons (Fsp3) is 0.130. The van der Waals surface area contributed by atoms with Crippen molar-refractivity contribution >= 4 is 16.6 Å². The summed E-state index contributed by atoms with van der Waals surface area (Å²) in [5.41, 5.74) is 3.31. The van der Waals surface area contributed by atoms with E-state index in [9.17, 15) is 0 Å². The lowest BCUT2D eigenvalue weighted by Crippen LogP contribution is -2.15. The molecule has 1 atom stereocenters. The Morgan fingerprint density at radius 3 is 2.15 bits per heavy atom. The van der Waals surface area contributed by atoms with Gasteiger partial charge in [0, 0.05) is 11.0 Å². The van der Waals surface area contributed by atoms with Gasteiger partial charge in [-0.25, -0.2) is 0 Å². The molecule has 0 aliphatic carbocycles. The minimum absolute atomic E-state index is 0.0275. The Kier molecular flexibility index (Phi) is 4.94. The van der Waals surface area contributed by atoms with Crippen LogP contribution in [0.3, 0.4) is 0 Å². The van der Waals surface area contributed by atoms with Crippen molar-refractivity contribution in [2.75, 3.05) is 13.2 Å². The molecule has 0 spiro atoms. The van der Waals surface area contributed by atoms with Crippen molar-refractivity contribution in [1.82, 2.24) is 0 Å². The maximum atomic E-state index is 6.65. The molecule has 130 valence electrons. The Morgan fingerprint density at radius 1 is 0.769 bits per heavy atom. The topological polar surface area (TPSA) is 18.5 Å². The summed E-state index contributed by atoms with van der Waals surface area (Å²) < 4.78 is 11.4. The smallest absolute Gasteiger partial charge is 0.161 e. The fourth-order valence-corrected chi connectivity index (χ4v) is 3.39. The van der Waals surface area contributed by atoms with Gasteiger partial charge in [-0.05, 0) is 28.8 Å². The molecular weight excluding hydrogens is 344 g/mol. The van der Waals surface area contributed by atoms with Crippen molar-refractivity contribution in [2.24, 2.45) is 0 Å². The molecule has 1 unspecified atom stereocenters. The zero-order valence-electron chi connectivity index (χ0n) is 14.3. The van der Waals surface area contributed by atoms with Gasteiger partial charge in [0.05, 0.1) is 0 Å². The molecule has 0 saturated heterocycles. The largest absolute Gasteiger partial charge is 0.486 e. The second-order valence-corrected chi connectivity index (χ2v) is 6.58. The van der Waals surface area contributed by atoms with Crippen LogP contribution in [0.2, 0.25) is 0 Å². The van der Waals surface area contributed by atoms with E-state index in [-0.39, 0.29) is 5.92 Å². The molecule has 4 rings (SSSR count). The van der Waals surface area contributed by atoms with Crippen LogP contribution in [-0.4, -0.2) is 13.2 Å². The maximum Gasteiger partial charge on any atom is 0.161 e. The highest BCUT2D eigenvalue weighted by molar-refractivity contribution is 6.48. The predicted molar refractivity (Wildman–Crippen MR) is 106 cm³/mol. The van der Waals surface area contributed by atoms with E-state index in [2.05, 4.69) is 30.3 Å². The molecule has 3 aromatic rings. The molecule has 1 aliphatic rings. The van der Waals surface area contributed by atoms with Gasteiger partial charge in [-0.15, -0.1) is 0 Å². The van der Waals surface area contributed by atoms with Gasteiger partial charge >= 0.3 is 0 Å². The van der Waals surface area contributed by atoms with Crippen molar-refractivity contribution in [3.05, 3.63) is 102 Å². The van der Waals surface area contributed by atoms with Crippen LogP contribution >= 0.6 is 11.6 Å². The van der Waals surface area contributed by atoms with Crippen molar-refractivity contribution in [2.45, 2.75) is 5.92 Å². The minimum atomic E-state index is 0.0275. The summed E-state index contributed by atoms with van der Waals surface area (Å²) in [6, 6.07) is 26.5. The number of rotatable bonds is 4. The number of hydrogen-bond donors (Lipinski definition) is 0. The SMILES string of the molecule is Cl/C(=C/C(c1ccccc1)c1ccc2c(c1)OCCO2)c1ccccc1. The zero-order chi connectivity index (χ0) is 17.8. The monoisotopic (exact) mass is 362 g/mol. The average molecular weight is 363 g/mol. The van der Waals surface area contributed by atoms with Crippen LogP contribution < -0.4 is 9.47 Å². The molecule has 0 saturated carbocycles. The highest BCUT2D eigenvalue weighted by Gasteiger charge is 2.18. The van der Waals surface area contributed by atoms with Crippen molar-refractivity contribution < 1.29 is 9.47 Å². The summed E-state index contributed by atoms with van der Waals surface area (Å²) in [6.45, 7) is 1.17. The number of halogens is 1. The Hall–Kier alpha value is -2.71. The zero-order valence-corrected chi connectivity index (χ0v) is 15.0. The van der Waals surface area contributed by atoms with Crippen LogP contribution in [-0.2, 0) is 0 Å². The number of hydrogen-bond acceptors (Lipinski definition) is 2. The second kappa shape index (κ2) is 7.67. The van der Waals surface area contributed by atoms with E-state index in [0.717, 1.165) is 27.7 Å². The van der Waals surface area contributed by atoms with E-state index in [1.165, 1.54) is 5.56 Å². The van der Waals surface area contributed by atoms with Gasteiger partial charge in [0.1, 0.15) is 13.2 Å². The Bertz CT molecular complexity index is 904. The van der Waals surface area contributed by atoms with Crippen LogP contribution in [0.25, 0.3) is 5.03 Å². The molecule has 1 aliphatic heterocycles. The van der Waals surface area contributed by atoms with Crippen molar-refractivity contribution in [3.8, 4) is 11.5 Å². The molecule has 3 aromatic carbocycles. The molecule has 0 bridgehead atoms. The van der Waals surface area contributed by atoms with Crippen LogP contribution in [0.15, 0.2) is 84.9 Å². The predicted octanol–water partition coefficient (Wildman–Crippen LogP) is 5.87. The molecule has 26 heavy (non-hydrogen) atoms. The van der Waals surface area contributed by atoms with E-state index in [1.54, 1.807) is 0 Å². The van der Waals surface area contributed by atoms with Crippen molar-refractivity contribution in [1.29, 1.82) is 0 Å². The van der Waals surface area contributed by atoms with Crippen LogP contribution in [0, 0.1) is 0 Å². The van der Waals surface area contributed by atoms with E-state index in [4.69, 9.17) is 21.1 Å². The number of ether oxygens (including phenoxy) is 2. The second-order valence-electron chi connectivity index (χ2n) is 6.17. The van der Waals surface area contributed by atoms with E-state index in [0.29, 0.717) is 13.2 Å². The van der Waals surface area contributed by atoms with Gasteiger partial charge in [0.2, 0.25) is 0 Å². The molecule has 0 fully saturated rings.